The Morgan fingerprint density at radius 3 is 2.88 bits per heavy atom. The molecule has 0 bridgehead atoms. The number of aryl methyl sites for hydroxylation is 1. The SMILES string of the molecule is CCCNCC(C)COc1cc(C)ccc1F. The van der Waals surface area contributed by atoms with E-state index in [-0.39, 0.29) is 5.82 Å². The fourth-order valence-electron chi connectivity index (χ4n) is 1.54. The third-order valence-electron chi connectivity index (χ3n) is 2.53. The summed E-state index contributed by atoms with van der Waals surface area (Å²) in [6.07, 6.45) is 1.13. The van der Waals surface area contributed by atoms with E-state index in [0.717, 1.165) is 25.1 Å². The monoisotopic (exact) mass is 239 g/mol. The first kappa shape index (κ1) is 14.0. The summed E-state index contributed by atoms with van der Waals surface area (Å²) in [5, 5.41) is 3.32. The summed E-state index contributed by atoms with van der Waals surface area (Å²) in [5.74, 6) is 0.443. The average Bonchev–Trinajstić information content (AvgIpc) is 2.31. The van der Waals surface area contributed by atoms with Crippen molar-refractivity contribution < 1.29 is 9.13 Å². The van der Waals surface area contributed by atoms with Gasteiger partial charge in [-0.2, -0.15) is 0 Å². The summed E-state index contributed by atoms with van der Waals surface area (Å²) in [6.45, 7) is 8.62. The first-order chi connectivity index (χ1) is 8.13. The van der Waals surface area contributed by atoms with Crippen LogP contribution in [0.4, 0.5) is 4.39 Å². The summed E-state index contributed by atoms with van der Waals surface area (Å²) in [5.41, 5.74) is 1.01. The lowest BCUT2D eigenvalue weighted by molar-refractivity contribution is 0.245. The molecule has 0 saturated heterocycles. The molecule has 0 saturated carbocycles. The molecule has 0 aliphatic heterocycles. The smallest absolute Gasteiger partial charge is 0.165 e. The molecule has 1 rings (SSSR count). The Morgan fingerprint density at radius 1 is 1.41 bits per heavy atom. The predicted octanol–water partition coefficient (Wildman–Crippen LogP) is 3.15. The van der Waals surface area contributed by atoms with E-state index in [4.69, 9.17) is 4.74 Å². The van der Waals surface area contributed by atoms with Crippen LogP contribution < -0.4 is 10.1 Å². The molecule has 17 heavy (non-hydrogen) atoms. The highest BCUT2D eigenvalue weighted by Crippen LogP contribution is 2.18. The van der Waals surface area contributed by atoms with Crippen molar-refractivity contribution in [3.05, 3.63) is 29.6 Å². The molecule has 0 aromatic heterocycles. The quantitative estimate of drug-likeness (QED) is 0.738. The Balaban J connectivity index is 2.36. The fraction of sp³-hybridized carbons (Fsp3) is 0.571. The number of hydrogen-bond donors (Lipinski definition) is 1. The van der Waals surface area contributed by atoms with Crippen molar-refractivity contribution in [3.8, 4) is 5.75 Å². The summed E-state index contributed by atoms with van der Waals surface area (Å²) < 4.78 is 18.9. The predicted molar refractivity (Wildman–Crippen MR) is 69.0 cm³/mol. The van der Waals surface area contributed by atoms with Gasteiger partial charge in [-0.05, 0) is 37.6 Å². The summed E-state index contributed by atoms with van der Waals surface area (Å²) >= 11 is 0. The first-order valence-electron chi connectivity index (χ1n) is 6.23. The van der Waals surface area contributed by atoms with E-state index < -0.39 is 0 Å². The van der Waals surface area contributed by atoms with Gasteiger partial charge in [0.25, 0.3) is 0 Å². The standard InChI is InChI=1S/C14H22FNO/c1-4-7-16-9-12(3)10-17-14-8-11(2)5-6-13(14)15/h5-6,8,12,16H,4,7,9-10H2,1-3H3. The zero-order chi connectivity index (χ0) is 12.7. The second-order valence-corrected chi connectivity index (χ2v) is 4.55. The van der Waals surface area contributed by atoms with E-state index in [1.807, 2.05) is 6.92 Å². The van der Waals surface area contributed by atoms with E-state index in [1.54, 1.807) is 12.1 Å². The number of halogens is 1. The van der Waals surface area contributed by atoms with E-state index in [0.29, 0.717) is 18.3 Å². The molecule has 0 aliphatic carbocycles. The van der Waals surface area contributed by atoms with Crippen molar-refractivity contribution in [3.63, 3.8) is 0 Å². The zero-order valence-electron chi connectivity index (χ0n) is 10.9. The van der Waals surface area contributed by atoms with Crippen molar-refractivity contribution in [2.75, 3.05) is 19.7 Å². The number of ether oxygens (including phenoxy) is 1. The van der Waals surface area contributed by atoms with Gasteiger partial charge in [-0.25, -0.2) is 4.39 Å². The maximum absolute atomic E-state index is 13.4. The van der Waals surface area contributed by atoms with Crippen molar-refractivity contribution in [1.82, 2.24) is 5.32 Å². The van der Waals surface area contributed by atoms with Crippen molar-refractivity contribution in [1.29, 1.82) is 0 Å². The van der Waals surface area contributed by atoms with Gasteiger partial charge in [-0.15, -0.1) is 0 Å². The van der Waals surface area contributed by atoms with Gasteiger partial charge in [0.2, 0.25) is 0 Å². The van der Waals surface area contributed by atoms with E-state index >= 15 is 0 Å². The Kier molecular flexibility index (Phi) is 5.98. The van der Waals surface area contributed by atoms with E-state index in [1.165, 1.54) is 6.07 Å². The Hall–Kier alpha value is -1.09. The van der Waals surface area contributed by atoms with Crippen molar-refractivity contribution in [2.24, 2.45) is 5.92 Å². The minimum Gasteiger partial charge on any atom is -0.490 e. The molecule has 0 aliphatic rings. The summed E-state index contributed by atoms with van der Waals surface area (Å²) in [6, 6.07) is 4.93. The molecule has 3 heteroatoms. The van der Waals surface area contributed by atoms with Gasteiger partial charge in [0.05, 0.1) is 6.61 Å². The number of rotatable bonds is 7. The molecule has 1 aromatic carbocycles. The topological polar surface area (TPSA) is 21.3 Å². The highest BCUT2D eigenvalue weighted by Gasteiger charge is 2.06. The van der Waals surface area contributed by atoms with Crippen LogP contribution in [0.1, 0.15) is 25.8 Å². The van der Waals surface area contributed by atoms with Gasteiger partial charge in [-0.1, -0.05) is 19.9 Å². The number of hydrogen-bond acceptors (Lipinski definition) is 2. The van der Waals surface area contributed by atoms with Crippen LogP contribution in [0.3, 0.4) is 0 Å². The molecule has 0 spiro atoms. The van der Waals surface area contributed by atoms with Crippen LogP contribution in [0.5, 0.6) is 5.75 Å². The largest absolute Gasteiger partial charge is 0.490 e. The fourth-order valence-corrected chi connectivity index (χ4v) is 1.54. The zero-order valence-corrected chi connectivity index (χ0v) is 10.9. The van der Waals surface area contributed by atoms with Crippen LogP contribution >= 0.6 is 0 Å². The van der Waals surface area contributed by atoms with E-state index in [9.17, 15) is 4.39 Å². The number of nitrogens with one attached hydrogen (secondary N) is 1. The van der Waals surface area contributed by atoms with Gasteiger partial charge >= 0.3 is 0 Å². The lowest BCUT2D eigenvalue weighted by Crippen LogP contribution is -2.25. The average molecular weight is 239 g/mol. The van der Waals surface area contributed by atoms with Gasteiger partial charge in [0.1, 0.15) is 0 Å². The lowest BCUT2D eigenvalue weighted by atomic mass is 10.2. The highest BCUT2D eigenvalue weighted by molar-refractivity contribution is 5.29. The van der Waals surface area contributed by atoms with Gasteiger partial charge < -0.3 is 10.1 Å². The second kappa shape index (κ2) is 7.28. The highest BCUT2D eigenvalue weighted by atomic mass is 19.1. The lowest BCUT2D eigenvalue weighted by Gasteiger charge is -2.14. The van der Waals surface area contributed by atoms with Crippen LogP contribution in [-0.4, -0.2) is 19.7 Å². The second-order valence-electron chi connectivity index (χ2n) is 4.55. The molecular formula is C14H22FNO. The third kappa shape index (κ3) is 5.18. The molecule has 0 radical (unpaired) electrons. The Morgan fingerprint density at radius 2 is 2.18 bits per heavy atom. The molecule has 1 aromatic rings. The van der Waals surface area contributed by atoms with Gasteiger partial charge in [0.15, 0.2) is 11.6 Å². The molecule has 1 unspecified atom stereocenters. The molecule has 1 N–H and O–H groups in total. The normalized spacial score (nSPS) is 12.5. The molecule has 0 fully saturated rings. The maximum atomic E-state index is 13.4. The van der Waals surface area contributed by atoms with Gasteiger partial charge in [0, 0.05) is 12.5 Å². The molecule has 0 heterocycles. The van der Waals surface area contributed by atoms with Crippen LogP contribution in [0, 0.1) is 18.7 Å². The van der Waals surface area contributed by atoms with Crippen LogP contribution in [0.15, 0.2) is 18.2 Å². The van der Waals surface area contributed by atoms with Crippen molar-refractivity contribution >= 4 is 0 Å². The van der Waals surface area contributed by atoms with Crippen LogP contribution in [0.25, 0.3) is 0 Å². The minimum atomic E-state index is -0.288. The maximum Gasteiger partial charge on any atom is 0.165 e. The van der Waals surface area contributed by atoms with Crippen molar-refractivity contribution in [2.45, 2.75) is 27.2 Å². The first-order valence-corrected chi connectivity index (χ1v) is 6.23. The van der Waals surface area contributed by atoms with E-state index in [2.05, 4.69) is 19.2 Å². The molecule has 96 valence electrons. The summed E-state index contributed by atoms with van der Waals surface area (Å²) in [7, 11) is 0. The Bertz CT molecular complexity index is 341. The molecule has 0 amide bonds. The third-order valence-corrected chi connectivity index (χ3v) is 2.53. The van der Waals surface area contributed by atoms with Gasteiger partial charge in [-0.3, -0.25) is 0 Å². The molecular weight excluding hydrogens is 217 g/mol. The molecule has 2 nitrogen and oxygen atoms in total. The summed E-state index contributed by atoms with van der Waals surface area (Å²) in [4.78, 5) is 0. The number of benzene rings is 1. The Labute approximate surface area is 103 Å². The minimum absolute atomic E-state index is 0.288. The molecule has 1 atom stereocenters. The van der Waals surface area contributed by atoms with Crippen LogP contribution in [0.2, 0.25) is 0 Å². The van der Waals surface area contributed by atoms with Crippen LogP contribution in [-0.2, 0) is 0 Å².